The number of aromatic nitrogens is 1. The van der Waals surface area contributed by atoms with Gasteiger partial charge in [0.25, 0.3) is 0 Å². The molecule has 2 aliphatic rings. The van der Waals surface area contributed by atoms with Crippen LogP contribution < -0.4 is 10.2 Å². The predicted molar refractivity (Wildman–Crippen MR) is 72.3 cm³/mol. The average Bonchev–Trinajstić information content (AvgIpc) is 3.09. The summed E-state index contributed by atoms with van der Waals surface area (Å²) >= 11 is 0. The number of carbonyl (C=O) groups is 1. The maximum atomic E-state index is 11.5. The Kier molecular flexibility index (Phi) is 3.14. The zero-order valence-electron chi connectivity index (χ0n) is 11.2. The van der Waals surface area contributed by atoms with Crippen LogP contribution in [-0.2, 0) is 4.74 Å². The molecular formula is C14H19N3O2. The first-order chi connectivity index (χ1) is 9.22. The number of nitrogens with one attached hydrogen (secondary N) is 1. The van der Waals surface area contributed by atoms with Gasteiger partial charge in [-0.15, -0.1) is 0 Å². The van der Waals surface area contributed by atoms with Crippen LogP contribution in [0.3, 0.4) is 0 Å². The minimum atomic E-state index is -0.377. The Hall–Kier alpha value is -1.62. The molecule has 5 heteroatoms. The number of nitrogens with zero attached hydrogens (tertiary/aromatic N) is 2. The molecule has 2 fully saturated rings. The van der Waals surface area contributed by atoms with Crippen molar-refractivity contribution < 1.29 is 9.53 Å². The van der Waals surface area contributed by atoms with Crippen LogP contribution in [0.1, 0.15) is 23.3 Å². The van der Waals surface area contributed by atoms with Gasteiger partial charge in [0.1, 0.15) is 5.82 Å². The van der Waals surface area contributed by atoms with Crippen LogP contribution in [-0.4, -0.2) is 44.2 Å². The Labute approximate surface area is 113 Å². The van der Waals surface area contributed by atoms with Crippen molar-refractivity contribution in [2.24, 2.45) is 5.41 Å². The Bertz CT molecular complexity index is 483. The second-order valence-corrected chi connectivity index (χ2v) is 5.47. The number of carbonyl (C=O) groups excluding carboxylic acids is 1. The van der Waals surface area contributed by atoms with Crippen molar-refractivity contribution in [3.63, 3.8) is 0 Å². The molecule has 0 bridgehead atoms. The van der Waals surface area contributed by atoms with E-state index in [4.69, 9.17) is 4.74 Å². The molecule has 1 aromatic heterocycles. The summed E-state index contributed by atoms with van der Waals surface area (Å²) in [5, 5.41) is 3.44. The van der Waals surface area contributed by atoms with Crippen LogP contribution in [0.4, 0.5) is 5.82 Å². The smallest absolute Gasteiger partial charge is 0.356 e. The van der Waals surface area contributed by atoms with Crippen molar-refractivity contribution in [1.29, 1.82) is 0 Å². The molecule has 3 heterocycles. The van der Waals surface area contributed by atoms with Gasteiger partial charge >= 0.3 is 5.97 Å². The molecule has 2 saturated heterocycles. The first kappa shape index (κ1) is 12.4. The van der Waals surface area contributed by atoms with Crippen LogP contribution in [0.5, 0.6) is 0 Å². The monoisotopic (exact) mass is 261 g/mol. The number of ether oxygens (including phenoxy) is 1. The number of hydrogen-bond acceptors (Lipinski definition) is 5. The normalized spacial score (nSPS) is 26.1. The van der Waals surface area contributed by atoms with Gasteiger partial charge in [-0.25, -0.2) is 9.78 Å². The summed E-state index contributed by atoms with van der Waals surface area (Å²) in [5.41, 5.74) is 0.786. The summed E-state index contributed by atoms with van der Waals surface area (Å²) in [6.07, 6.45) is 2.43. The molecule has 102 valence electrons. The van der Waals surface area contributed by atoms with Crippen LogP contribution in [0.25, 0.3) is 0 Å². The zero-order valence-corrected chi connectivity index (χ0v) is 11.2. The first-order valence-electron chi connectivity index (χ1n) is 6.74. The molecule has 0 aromatic carbocycles. The highest BCUT2D eigenvalue weighted by atomic mass is 16.5. The largest absolute Gasteiger partial charge is 0.464 e. The molecule has 0 saturated carbocycles. The third kappa shape index (κ3) is 2.30. The molecule has 1 aromatic rings. The van der Waals surface area contributed by atoms with Crippen molar-refractivity contribution in [2.45, 2.75) is 12.8 Å². The lowest BCUT2D eigenvalue weighted by atomic mass is 9.87. The molecule has 3 rings (SSSR count). The Morgan fingerprint density at radius 2 is 2.37 bits per heavy atom. The quantitative estimate of drug-likeness (QED) is 0.807. The molecular weight excluding hydrogens is 242 g/mol. The number of pyridine rings is 1. The summed E-state index contributed by atoms with van der Waals surface area (Å²) < 4.78 is 4.72. The molecule has 0 unspecified atom stereocenters. The van der Waals surface area contributed by atoms with Gasteiger partial charge in [0.15, 0.2) is 5.69 Å². The zero-order chi connectivity index (χ0) is 13.3. The topological polar surface area (TPSA) is 54.5 Å². The van der Waals surface area contributed by atoms with E-state index in [0.717, 1.165) is 32.0 Å². The van der Waals surface area contributed by atoms with Crippen LogP contribution in [0, 0.1) is 5.41 Å². The third-order valence-corrected chi connectivity index (χ3v) is 4.22. The second-order valence-electron chi connectivity index (χ2n) is 5.47. The Morgan fingerprint density at radius 1 is 1.47 bits per heavy atom. The maximum Gasteiger partial charge on any atom is 0.356 e. The molecule has 2 aliphatic heterocycles. The van der Waals surface area contributed by atoms with Crippen molar-refractivity contribution in [2.75, 3.05) is 38.2 Å². The number of hydrogen-bond donors (Lipinski definition) is 1. The predicted octanol–water partition coefficient (Wildman–Crippen LogP) is 1.06. The van der Waals surface area contributed by atoms with E-state index in [1.807, 2.05) is 12.1 Å². The van der Waals surface area contributed by atoms with Crippen molar-refractivity contribution >= 4 is 11.8 Å². The Balaban J connectivity index is 1.78. The molecule has 1 spiro atoms. The molecule has 0 aliphatic carbocycles. The maximum absolute atomic E-state index is 11.5. The van der Waals surface area contributed by atoms with Crippen molar-refractivity contribution in [3.05, 3.63) is 23.9 Å². The van der Waals surface area contributed by atoms with Gasteiger partial charge in [-0.3, -0.25) is 0 Å². The summed E-state index contributed by atoms with van der Waals surface area (Å²) in [6, 6.07) is 5.53. The van der Waals surface area contributed by atoms with E-state index in [-0.39, 0.29) is 5.97 Å². The van der Waals surface area contributed by atoms with Gasteiger partial charge in [-0.1, -0.05) is 6.07 Å². The molecule has 0 amide bonds. The van der Waals surface area contributed by atoms with E-state index < -0.39 is 0 Å². The minimum absolute atomic E-state index is 0.377. The van der Waals surface area contributed by atoms with Crippen LogP contribution in [0.15, 0.2) is 18.2 Å². The van der Waals surface area contributed by atoms with Crippen molar-refractivity contribution in [3.8, 4) is 0 Å². The number of methoxy groups -OCH3 is 1. The fraction of sp³-hybridized carbons (Fsp3) is 0.571. The molecule has 0 radical (unpaired) electrons. The third-order valence-electron chi connectivity index (χ3n) is 4.22. The first-order valence-corrected chi connectivity index (χ1v) is 6.74. The van der Waals surface area contributed by atoms with E-state index in [1.54, 1.807) is 6.07 Å². The number of rotatable bonds is 2. The summed E-state index contributed by atoms with van der Waals surface area (Å²) in [4.78, 5) is 18.2. The highest BCUT2D eigenvalue weighted by Crippen LogP contribution is 2.37. The average molecular weight is 261 g/mol. The van der Waals surface area contributed by atoms with E-state index in [9.17, 15) is 4.79 Å². The molecule has 1 N–H and O–H groups in total. The molecule has 19 heavy (non-hydrogen) atoms. The highest BCUT2D eigenvalue weighted by Gasteiger charge is 2.40. The fourth-order valence-electron chi connectivity index (χ4n) is 3.09. The van der Waals surface area contributed by atoms with Crippen molar-refractivity contribution in [1.82, 2.24) is 10.3 Å². The van der Waals surface area contributed by atoms with Gasteiger partial charge in [-0.2, -0.15) is 0 Å². The Morgan fingerprint density at radius 3 is 3.11 bits per heavy atom. The van der Waals surface area contributed by atoms with Crippen LogP contribution >= 0.6 is 0 Å². The lowest BCUT2D eigenvalue weighted by Crippen LogP contribution is -2.29. The number of esters is 1. The van der Waals surface area contributed by atoms with Crippen LogP contribution in [0.2, 0.25) is 0 Å². The molecule has 5 nitrogen and oxygen atoms in total. The van der Waals surface area contributed by atoms with Gasteiger partial charge < -0.3 is 15.0 Å². The SMILES string of the molecule is COC(=O)c1cccc(N2CC[C@@]3(CCNC3)C2)n1. The summed E-state index contributed by atoms with van der Waals surface area (Å²) in [6.45, 7) is 4.25. The second kappa shape index (κ2) is 4.81. The van der Waals surface area contributed by atoms with Gasteiger partial charge in [-0.05, 0) is 31.5 Å². The standard InChI is InChI=1S/C14H19N3O2/c1-19-13(18)11-3-2-4-12(16-11)17-8-6-14(10-17)5-7-15-9-14/h2-4,15H,5-10H2,1H3/t14-/m1/s1. The molecule has 1 atom stereocenters. The fourth-order valence-corrected chi connectivity index (χ4v) is 3.09. The lowest BCUT2D eigenvalue weighted by molar-refractivity contribution is 0.0594. The summed E-state index contributed by atoms with van der Waals surface area (Å²) in [5.74, 6) is 0.505. The number of anilines is 1. The van der Waals surface area contributed by atoms with Gasteiger partial charge in [0.2, 0.25) is 0 Å². The minimum Gasteiger partial charge on any atom is -0.464 e. The lowest BCUT2D eigenvalue weighted by Gasteiger charge is -2.23. The van der Waals surface area contributed by atoms with E-state index >= 15 is 0 Å². The van der Waals surface area contributed by atoms with E-state index in [2.05, 4.69) is 15.2 Å². The van der Waals surface area contributed by atoms with Gasteiger partial charge in [0, 0.05) is 25.0 Å². The van der Waals surface area contributed by atoms with Gasteiger partial charge in [0.05, 0.1) is 7.11 Å². The summed E-state index contributed by atoms with van der Waals surface area (Å²) in [7, 11) is 1.38. The highest BCUT2D eigenvalue weighted by molar-refractivity contribution is 5.87. The van der Waals surface area contributed by atoms with E-state index in [1.165, 1.54) is 20.0 Å². The van der Waals surface area contributed by atoms with E-state index in [0.29, 0.717) is 11.1 Å².